The van der Waals surface area contributed by atoms with Crippen molar-refractivity contribution in [3.8, 4) is 0 Å². The van der Waals surface area contributed by atoms with Crippen molar-refractivity contribution >= 4 is 0 Å². The van der Waals surface area contributed by atoms with Gasteiger partial charge in [0.15, 0.2) is 6.36 Å². The summed E-state index contributed by atoms with van der Waals surface area (Å²) in [5.41, 5.74) is 0. The summed E-state index contributed by atoms with van der Waals surface area (Å²) in [5, 5.41) is 0. The number of hydrogen-bond donors (Lipinski definition) is 0. The molecule has 0 aliphatic heterocycles. The third kappa shape index (κ3) is 12.0. The summed E-state index contributed by atoms with van der Waals surface area (Å²) in [4.78, 5) is 0. The monoisotopic (exact) mass is 234 g/mol. The number of halogens is 1. The molecule has 16 heavy (non-hydrogen) atoms. The third-order valence-electron chi connectivity index (χ3n) is 2.34. The summed E-state index contributed by atoms with van der Waals surface area (Å²) in [6, 6.07) is 0. The molecule has 1 aliphatic carbocycles. The van der Waals surface area contributed by atoms with Crippen LogP contribution in [0.1, 0.15) is 73.6 Å². The van der Waals surface area contributed by atoms with Gasteiger partial charge in [0.2, 0.25) is 0 Å². The maximum atomic E-state index is 12.4. The Morgan fingerprint density at radius 2 is 1.50 bits per heavy atom. The van der Waals surface area contributed by atoms with Gasteiger partial charge in [-0.25, -0.2) is 4.39 Å². The molecule has 1 saturated carbocycles. The van der Waals surface area contributed by atoms with E-state index in [0.29, 0.717) is 0 Å². The largest absolute Gasteiger partial charge is 0.345 e. The van der Waals surface area contributed by atoms with E-state index in [1.807, 2.05) is 13.8 Å². The van der Waals surface area contributed by atoms with Crippen molar-refractivity contribution in [2.24, 2.45) is 5.92 Å². The summed E-state index contributed by atoms with van der Waals surface area (Å²) in [6.07, 6.45) is 4.80. The number of ether oxygens (including phenoxy) is 1. The molecule has 0 saturated heterocycles. The SMILES string of the molecule is CC.CC1CCC(OC(C)F)CC1.CCC. The molecule has 1 fully saturated rings. The summed E-state index contributed by atoms with van der Waals surface area (Å²) >= 11 is 0. The predicted molar refractivity (Wildman–Crippen MR) is 70.4 cm³/mol. The first-order chi connectivity index (χ1) is 7.60. The van der Waals surface area contributed by atoms with E-state index in [-0.39, 0.29) is 6.10 Å². The topological polar surface area (TPSA) is 9.23 Å². The van der Waals surface area contributed by atoms with Crippen LogP contribution in [0.5, 0.6) is 0 Å². The molecule has 0 bridgehead atoms. The average Bonchev–Trinajstić information content (AvgIpc) is 2.25. The zero-order valence-electron chi connectivity index (χ0n) is 12.1. The third-order valence-corrected chi connectivity index (χ3v) is 2.34. The minimum absolute atomic E-state index is 0.186. The highest BCUT2D eigenvalue weighted by Gasteiger charge is 2.19. The van der Waals surface area contributed by atoms with E-state index in [2.05, 4.69) is 20.8 Å². The van der Waals surface area contributed by atoms with E-state index in [4.69, 9.17) is 4.74 Å². The van der Waals surface area contributed by atoms with E-state index >= 15 is 0 Å². The second kappa shape index (κ2) is 13.0. The van der Waals surface area contributed by atoms with Crippen LogP contribution in [0.25, 0.3) is 0 Å². The smallest absolute Gasteiger partial charge is 0.196 e. The first-order valence-corrected chi connectivity index (χ1v) is 6.89. The Morgan fingerprint density at radius 3 is 1.81 bits per heavy atom. The van der Waals surface area contributed by atoms with Crippen LogP contribution in [-0.2, 0) is 4.74 Å². The molecule has 1 unspecified atom stereocenters. The van der Waals surface area contributed by atoms with Gasteiger partial charge in [0.1, 0.15) is 0 Å². The molecule has 0 aromatic heterocycles. The van der Waals surface area contributed by atoms with Crippen molar-refractivity contribution in [1.29, 1.82) is 0 Å². The highest BCUT2D eigenvalue weighted by molar-refractivity contribution is 4.69. The Bertz CT molecular complexity index is 118. The second-order valence-electron chi connectivity index (χ2n) is 4.27. The number of hydrogen-bond acceptors (Lipinski definition) is 1. The van der Waals surface area contributed by atoms with Crippen LogP contribution in [0.4, 0.5) is 4.39 Å². The van der Waals surface area contributed by atoms with Crippen LogP contribution in [0, 0.1) is 5.92 Å². The average molecular weight is 234 g/mol. The van der Waals surface area contributed by atoms with Crippen molar-refractivity contribution in [2.45, 2.75) is 86.1 Å². The van der Waals surface area contributed by atoms with Crippen LogP contribution in [0.2, 0.25) is 0 Å². The van der Waals surface area contributed by atoms with Crippen LogP contribution in [0.3, 0.4) is 0 Å². The van der Waals surface area contributed by atoms with Gasteiger partial charge in [-0.3, -0.25) is 0 Å². The Hall–Kier alpha value is -0.110. The molecule has 0 heterocycles. The molecule has 1 nitrogen and oxygen atoms in total. The second-order valence-corrected chi connectivity index (χ2v) is 4.27. The highest BCUT2D eigenvalue weighted by atomic mass is 19.1. The lowest BCUT2D eigenvalue weighted by molar-refractivity contribution is -0.0890. The Balaban J connectivity index is 0. The molecule has 2 heteroatoms. The summed E-state index contributed by atoms with van der Waals surface area (Å²) < 4.78 is 17.4. The Kier molecular flexibility index (Phi) is 14.8. The lowest BCUT2D eigenvalue weighted by Gasteiger charge is -2.26. The normalized spacial score (nSPS) is 25.7. The van der Waals surface area contributed by atoms with Crippen LogP contribution in [-0.4, -0.2) is 12.5 Å². The quantitative estimate of drug-likeness (QED) is 0.626. The zero-order chi connectivity index (χ0) is 13.0. The lowest BCUT2D eigenvalue weighted by Crippen LogP contribution is -2.22. The van der Waals surface area contributed by atoms with Gasteiger partial charge in [0.25, 0.3) is 0 Å². The maximum absolute atomic E-state index is 12.4. The predicted octanol–water partition coefficient (Wildman–Crippen LogP) is 5.34. The Labute approximate surface area is 102 Å². The summed E-state index contributed by atoms with van der Waals surface area (Å²) in [7, 11) is 0. The minimum Gasteiger partial charge on any atom is -0.345 e. The molecular weight excluding hydrogens is 203 g/mol. The zero-order valence-corrected chi connectivity index (χ0v) is 12.1. The molecule has 0 N–H and O–H groups in total. The van der Waals surface area contributed by atoms with Gasteiger partial charge in [0.05, 0.1) is 6.10 Å². The van der Waals surface area contributed by atoms with Gasteiger partial charge in [-0.05, 0) is 38.5 Å². The minimum atomic E-state index is -1.09. The van der Waals surface area contributed by atoms with Crippen molar-refractivity contribution in [3.05, 3.63) is 0 Å². The number of alkyl halides is 1. The molecule has 1 rings (SSSR count). The molecule has 0 aromatic carbocycles. The van der Waals surface area contributed by atoms with E-state index < -0.39 is 6.36 Å². The molecule has 0 amide bonds. The molecule has 100 valence electrons. The van der Waals surface area contributed by atoms with E-state index in [0.717, 1.165) is 18.8 Å². The fourth-order valence-corrected chi connectivity index (χ4v) is 1.63. The van der Waals surface area contributed by atoms with E-state index in [1.54, 1.807) is 0 Å². The number of rotatable bonds is 2. The molecule has 0 aromatic rings. The molecule has 1 aliphatic rings. The van der Waals surface area contributed by atoms with E-state index in [1.165, 1.54) is 26.2 Å². The molecular formula is C14H31FO. The Morgan fingerprint density at radius 1 is 1.12 bits per heavy atom. The van der Waals surface area contributed by atoms with Gasteiger partial charge >= 0.3 is 0 Å². The van der Waals surface area contributed by atoms with Gasteiger partial charge in [-0.1, -0.05) is 41.0 Å². The van der Waals surface area contributed by atoms with Gasteiger partial charge < -0.3 is 4.74 Å². The molecule has 0 spiro atoms. The fraction of sp³-hybridized carbons (Fsp3) is 1.00. The first kappa shape index (κ1) is 18.3. The molecule has 0 radical (unpaired) electrons. The lowest BCUT2D eigenvalue weighted by atomic mass is 9.89. The summed E-state index contributed by atoms with van der Waals surface area (Å²) in [5.74, 6) is 0.810. The van der Waals surface area contributed by atoms with Crippen molar-refractivity contribution < 1.29 is 9.13 Å². The standard InChI is InChI=1S/C9H17FO.C3H8.C2H6/c1-7-3-5-9(6-4-7)11-8(2)10;1-3-2;1-2/h7-9H,3-6H2,1-2H3;3H2,1-2H3;1-2H3. The van der Waals surface area contributed by atoms with Crippen molar-refractivity contribution in [2.75, 3.05) is 0 Å². The van der Waals surface area contributed by atoms with Gasteiger partial charge in [-0.15, -0.1) is 0 Å². The van der Waals surface area contributed by atoms with Crippen LogP contribution < -0.4 is 0 Å². The van der Waals surface area contributed by atoms with Gasteiger partial charge in [-0.2, -0.15) is 0 Å². The maximum Gasteiger partial charge on any atom is 0.196 e. The fourth-order valence-electron chi connectivity index (χ4n) is 1.63. The van der Waals surface area contributed by atoms with Crippen molar-refractivity contribution in [1.82, 2.24) is 0 Å². The highest BCUT2D eigenvalue weighted by Crippen LogP contribution is 2.26. The van der Waals surface area contributed by atoms with E-state index in [9.17, 15) is 4.39 Å². The first-order valence-electron chi connectivity index (χ1n) is 6.89. The summed E-state index contributed by atoms with van der Waals surface area (Å²) in [6.45, 7) is 12.0. The van der Waals surface area contributed by atoms with Gasteiger partial charge in [0, 0.05) is 0 Å². The van der Waals surface area contributed by atoms with Crippen LogP contribution >= 0.6 is 0 Å². The van der Waals surface area contributed by atoms with Crippen molar-refractivity contribution in [3.63, 3.8) is 0 Å². The van der Waals surface area contributed by atoms with Crippen LogP contribution in [0.15, 0.2) is 0 Å². The molecule has 1 atom stereocenters.